The minimum atomic E-state index is -0.564. The number of carbonyl (C=O) groups is 1. The van der Waals surface area contributed by atoms with Crippen molar-refractivity contribution in [3.8, 4) is 11.8 Å². The van der Waals surface area contributed by atoms with Crippen molar-refractivity contribution >= 4 is 6.09 Å². The van der Waals surface area contributed by atoms with E-state index in [-0.39, 0.29) is 6.54 Å². The van der Waals surface area contributed by atoms with Crippen LogP contribution in [-0.4, -0.2) is 23.3 Å². The van der Waals surface area contributed by atoms with E-state index in [1.807, 2.05) is 51.1 Å². The molecule has 0 N–H and O–H groups in total. The average molecular weight is 275 g/mol. The molecule has 1 rings (SSSR count). The Morgan fingerprint density at radius 3 is 2.45 bits per heavy atom. The van der Waals surface area contributed by atoms with Crippen molar-refractivity contribution in [3.05, 3.63) is 35.9 Å². The summed E-state index contributed by atoms with van der Waals surface area (Å²) in [7, 11) is 0. The summed E-state index contributed by atoms with van der Waals surface area (Å²) in [4.78, 5) is 17.5. The van der Waals surface area contributed by atoms with E-state index in [2.05, 4.69) is 11.8 Å². The van der Waals surface area contributed by atoms with Gasteiger partial charge >= 0.3 is 6.09 Å². The van der Waals surface area contributed by atoms with E-state index < -0.39 is 11.7 Å². The number of nitrogens with zero attached hydrogens (tertiary/aromatic N) is 1. The predicted molar refractivity (Wildman–Crippen MR) is 77.6 cm³/mol. The number of carbonyl (C=O) groups excluding carboxylic acids is 1. The van der Waals surface area contributed by atoms with E-state index in [1.54, 1.807) is 6.92 Å². The van der Waals surface area contributed by atoms with Gasteiger partial charge in [0.1, 0.15) is 18.8 Å². The van der Waals surface area contributed by atoms with Crippen LogP contribution in [0, 0.1) is 11.8 Å². The van der Waals surface area contributed by atoms with Crippen LogP contribution in [0.3, 0.4) is 0 Å². The highest BCUT2D eigenvalue weighted by atomic mass is 16.7. The number of benzene rings is 1. The maximum absolute atomic E-state index is 12.0. The Morgan fingerprint density at radius 1 is 1.25 bits per heavy atom. The standard InChI is InChI=1S/C16H21NO3/c1-5-6-12-17(15(18)20-16(2,3)4)19-13-14-10-8-7-9-11-14/h7-11H,12-13H2,1-4H3. The molecule has 0 heterocycles. The van der Waals surface area contributed by atoms with Gasteiger partial charge in [-0.25, -0.2) is 4.79 Å². The molecule has 0 saturated heterocycles. The summed E-state index contributed by atoms with van der Waals surface area (Å²) in [6.07, 6.45) is -0.531. The Morgan fingerprint density at radius 2 is 1.90 bits per heavy atom. The summed E-state index contributed by atoms with van der Waals surface area (Å²) < 4.78 is 5.28. The van der Waals surface area contributed by atoms with Crippen LogP contribution in [0.1, 0.15) is 33.3 Å². The molecule has 1 amide bonds. The summed E-state index contributed by atoms with van der Waals surface area (Å²) >= 11 is 0. The molecule has 0 atom stereocenters. The van der Waals surface area contributed by atoms with Crippen LogP contribution < -0.4 is 0 Å². The number of rotatable bonds is 4. The average Bonchev–Trinajstić information content (AvgIpc) is 2.38. The number of hydrogen-bond donors (Lipinski definition) is 0. The zero-order chi connectivity index (χ0) is 15.0. The molecule has 4 nitrogen and oxygen atoms in total. The number of ether oxygens (including phenoxy) is 1. The SMILES string of the molecule is CC#CCN(OCc1ccccc1)C(=O)OC(C)(C)C. The lowest BCUT2D eigenvalue weighted by Gasteiger charge is -2.25. The Kier molecular flexibility index (Phi) is 6.08. The molecular formula is C16H21NO3. The second-order valence-electron chi connectivity index (χ2n) is 5.20. The van der Waals surface area contributed by atoms with Crippen molar-refractivity contribution in [3.63, 3.8) is 0 Å². The van der Waals surface area contributed by atoms with Crippen molar-refractivity contribution in [2.75, 3.05) is 6.54 Å². The minimum absolute atomic E-state index is 0.179. The summed E-state index contributed by atoms with van der Waals surface area (Å²) in [6.45, 7) is 7.62. The molecule has 0 unspecified atom stereocenters. The first-order chi connectivity index (χ1) is 9.42. The van der Waals surface area contributed by atoms with E-state index in [1.165, 1.54) is 0 Å². The molecule has 1 aromatic carbocycles. The van der Waals surface area contributed by atoms with Crippen molar-refractivity contribution in [2.24, 2.45) is 0 Å². The zero-order valence-corrected chi connectivity index (χ0v) is 12.5. The molecule has 0 saturated carbocycles. The van der Waals surface area contributed by atoms with Gasteiger partial charge < -0.3 is 4.74 Å². The Hall–Kier alpha value is -1.99. The molecule has 1 aromatic rings. The fourth-order valence-corrected chi connectivity index (χ4v) is 1.35. The molecular weight excluding hydrogens is 254 g/mol. The van der Waals surface area contributed by atoms with Gasteiger partial charge in [-0.3, -0.25) is 4.84 Å². The Labute approximate surface area is 120 Å². The molecule has 0 aliphatic heterocycles. The van der Waals surface area contributed by atoms with E-state index >= 15 is 0 Å². The second-order valence-corrected chi connectivity index (χ2v) is 5.20. The van der Waals surface area contributed by atoms with Crippen LogP contribution in [0.15, 0.2) is 30.3 Å². The summed E-state index contributed by atoms with van der Waals surface area (Å²) in [5, 5.41) is 1.15. The van der Waals surface area contributed by atoms with Crippen molar-refractivity contribution in [1.29, 1.82) is 0 Å². The van der Waals surface area contributed by atoms with Crippen LogP contribution in [0.5, 0.6) is 0 Å². The summed E-state index contributed by atoms with van der Waals surface area (Å²) in [5.41, 5.74) is 0.413. The van der Waals surface area contributed by atoms with Gasteiger partial charge in [0.05, 0.1) is 0 Å². The third-order valence-corrected chi connectivity index (χ3v) is 2.23. The fraction of sp³-hybridized carbons (Fsp3) is 0.438. The fourth-order valence-electron chi connectivity index (χ4n) is 1.35. The maximum Gasteiger partial charge on any atom is 0.435 e. The van der Waals surface area contributed by atoms with Crippen molar-refractivity contribution in [2.45, 2.75) is 39.9 Å². The third kappa shape index (κ3) is 6.26. The van der Waals surface area contributed by atoms with Gasteiger partial charge in [-0.1, -0.05) is 36.3 Å². The number of hydrogen-bond acceptors (Lipinski definition) is 3. The van der Waals surface area contributed by atoms with Gasteiger partial charge in [0.15, 0.2) is 0 Å². The molecule has 0 aromatic heterocycles. The minimum Gasteiger partial charge on any atom is -0.442 e. The first kappa shape index (κ1) is 16.1. The van der Waals surface area contributed by atoms with Gasteiger partial charge in [-0.2, -0.15) is 5.06 Å². The molecule has 0 radical (unpaired) electrons. The maximum atomic E-state index is 12.0. The molecule has 0 aliphatic rings. The highest BCUT2D eigenvalue weighted by molar-refractivity contribution is 5.67. The zero-order valence-electron chi connectivity index (χ0n) is 12.5. The van der Waals surface area contributed by atoms with Crippen LogP contribution in [0.25, 0.3) is 0 Å². The molecule has 0 spiro atoms. The lowest BCUT2D eigenvalue weighted by atomic mass is 10.2. The normalized spacial score (nSPS) is 10.4. The van der Waals surface area contributed by atoms with Crippen LogP contribution >= 0.6 is 0 Å². The van der Waals surface area contributed by atoms with Gasteiger partial charge in [0.2, 0.25) is 0 Å². The highest BCUT2D eigenvalue weighted by Gasteiger charge is 2.22. The van der Waals surface area contributed by atoms with Gasteiger partial charge in [-0.15, -0.1) is 5.92 Å². The van der Waals surface area contributed by atoms with Crippen molar-refractivity contribution < 1.29 is 14.4 Å². The molecule has 0 fully saturated rings. The van der Waals surface area contributed by atoms with Crippen LogP contribution in [0.4, 0.5) is 4.79 Å². The highest BCUT2D eigenvalue weighted by Crippen LogP contribution is 2.11. The van der Waals surface area contributed by atoms with Gasteiger partial charge in [0, 0.05) is 0 Å². The van der Waals surface area contributed by atoms with E-state index in [0.29, 0.717) is 6.61 Å². The first-order valence-electron chi connectivity index (χ1n) is 6.49. The van der Waals surface area contributed by atoms with E-state index in [0.717, 1.165) is 10.6 Å². The lowest BCUT2D eigenvalue weighted by Crippen LogP contribution is -2.37. The predicted octanol–water partition coefficient (Wildman–Crippen LogP) is 3.38. The smallest absolute Gasteiger partial charge is 0.435 e. The van der Waals surface area contributed by atoms with Crippen LogP contribution in [0.2, 0.25) is 0 Å². The third-order valence-electron chi connectivity index (χ3n) is 2.23. The van der Waals surface area contributed by atoms with Gasteiger partial charge in [0.25, 0.3) is 0 Å². The van der Waals surface area contributed by atoms with E-state index in [4.69, 9.17) is 9.57 Å². The first-order valence-corrected chi connectivity index (χ1v) is 6.49. The largest absolute Gasteiger partial charge is 0.442 e. The molecule has 4 heteroatoms. The van der Waals surface area contributed by atoms with Gasteiger partial charge in [-0.05, 0) is 33.3 Å². The Balaban J connectivity index is 2.63. The summed E-state index contributed by atoms with van der Waals surface area (Å²) in [6, 6.07) is 9.62. The molecule has 20 heavy (non-hydrogen) atoms. The molecule has 108 valence electrons. The monoisotopic (exact) mass is 275 g/mol. The second kappa shape index (κ2) is 7.56. The molecule has 0 aliphatic carbocycles. The quantitative estimate of drug-likeness (QED) is 0.624. The summed E-state index contributed by atoms with van der Waals surface area (Å²) in [5.74, 6) is 5.54. The topological polar surface area (TPSA) is 38.8 Å². The van der Waals surface area contributed by atoms with Crippen molar-refractivity contribution in [1.82, 2.24) is 5.06 Å². The number of hydroxylamine groups is 2. The van der Waals surface area contributed by atoms with E-state index in [9.17, 15) is 4.79 Å². The van der Waals surface area contributed by atoms with Crippen LogP contribution in [-0.2, 0) is 16.2 Å². The lowest BCUT2D eigenvalue weighted by molar-refractivity contribution is -0.148. The Bertz CT molecular complexity index is 480. The molecule has 0 bridgehead atoms. The number of amides is 1.